The second-order valence-corrected chi connectivity index (χ2v) is 6.13. The van der Waals surface area contributed by atoms with Gasteiger partial charge in [0.15, 0.2) is 0 Å². The Bertz CT molecular complexity index is 268. The van der Waals surface area contributed by atoms with Crippen LogP contribution in [-0.4, -0.2) is 30.4 Å². The number of hydrogen-bond acceptors (Lipinski definition) is 2. The van der Waals surface area contributed by atoms with Crippen molar-refractivity contribution in [2.24, 2.45) is 17.1 Å². The highest BCUT2D eigenvalue weighted by molar-refractivity contribution is 5.83. The average molecular weight is 268 g/mol. The van der Waals surface area contributed by atoms with Gasteiger partial charge in [0.2, 0.25) is 5.91 Å². The summed E-state index contributed by atoms with van der Waals surface area (Å²) in [6.07, 6.45) is 7.84. The van der Waals surface area contributed by atoms with Crippen LogP contribution in [0.15, 0.2) is 0 Å². The van der Waals surface area contributed by atoms with Crippen molar-refractivity contribution in [2.75, 3.05) is 19.6 Å². The first-order valence-corrected chi connectivity index (χ1v) is 8.13. The molecule has 1 amide bonds. The van der Waals surface area contributed by atoms with Gasteiger partial charge in [-0.15, -0.1) is 0 Å². The van der Waals surface area contributed by atoms with Crippen molar-refractivity contribution in [3.63, 3.8) is 0 Å². The molecule has 0 aromatic rings. The fourth-order valence-electron chi connectivity index (χ4n) is 3.27. The summed E-state index contributed by atoms with van der Waals surface area (Å²) in [5.74, 6) is 1.05. The SMILES string of the molecule is CCCC(CN)(CCC)C(=O)N(CC)CC1CCC1. The molecular formula is C16H32N2O. The summed E-state index contributed by atoms with van der Waals surface area (Å²) < 4.78 is 0. The molecule has 0 heterocycles. The number of nitrogens with two attached hydrogens (primary N) is 1. The van der Waals surface area contributed by atoms with Gasteiger partial charge in [0, 0.05) is 19.6 Å². The lowest BCUT2D eigenvalue weighted by Crippen LogP contribution is -2.50. The number of hydrogen-bond donors (Lipinski definition) is 1. The number of nitrogens with zero attached hydrogens (tertiary/aromatic N) is 1. The summed E-state index contributed by atoms with van der Waals surface area (Å²) in [6.45, 7) is 8.66. The van der Waals surface area contributed by atoms with Crippen LogP contribution in [0.1, 0.15) is 65.7 Å². The van der Waals surface area contributed by atoms with E-state index < -0.39 is 0 Å². The molecule has 0 spiro atoms. The van der Waals surface area contributed by atoms with Crippen molar-refractivity contribution in [1.29, 1.82) is 0 Å². The summed E-state index contributed by atoms with van der Waals surface area (Å²) in [5.41, 5.74) is 5.70. The molecule has 3 heteroatoms. The normalized spacial score (nSPS) is 16.2. The van der Waals surface area contributed by atoms with E-state index in [0.717, 1.165) is 44.7 Å². The van der Waals surface area contributed by atoms with Crippen molar-refractivity contribution in [3.8, 4) is 0 Å². The maximum atomic E-state index is 12.9. The first-order valence-electron chi connectivity index (χ1n) is 8.13. The zero-order valence-electron chi connectivity index (χ0n) is 13.1. The monoisotopic (exact) mass is 268 g/mol. The van der Waals surface area contributed by atoms with Gasteiger partial charge in [0.05, 0.1) is 5.41 Å². The van der Waals surface area contributed by atoms with E-state index in [2.05, 4.69) is 25.7 Å². The van der Waals surface area contributed by atoms with E-state index in [1.54, 1.807) is 0 Å². The fourth-order valence-corrected chi connectivity index (χ4v) is 3.27. The number of rotatable bonds is 9. The van der Waals surface area contributed by atoms with E-state index in [4.69, 9.17) is 5.73 Å². The van der Waals surface area contributed by atoms with Gasteiger partial charge in [0.25, 0.3) is 0 Å². The molecule has 0 bridgehead atoms. The molecule has 2 N–H and O–H groups in total. The molecule has 0 aliphatic heterocycles. The summed E-state index contributed by atoms with van der Waals surface area (Å²) in [6, 6.07) is 0. The molecule has 1 saturated carbocycles. The third-order valence-corrected chi connectivity index (χ3v) is 4.67. The fraction of sp³-hybridized carbons (Fsp3) is 0.938. The van der Waals surface area contributed by atoms with Crippen LogP contribution in [-0.2, 0) is 4.79 Å². The molecule has 0 aromatic heterocycles. The van der Waals surface area contributed by atoms with E-state index in [9.17, 15) is 4.79 Å². The van der Waals surface area contributed by atoms with Gasteiger partial charge in [-0.3, -0.25) is 4.79 Å². The summed E-state index contributed by atoms with van der Waals surface area (Å²) in [7, 11) is 0. The van der Waals surface area contributed by atoms with Crippen molar-refractivity contribution >= 4 is 5.91 Å². The van der Waals surface area contributed by atoms with Crippen molar-refractivity contribution < 1.29 is 4.79 Å². The molecule has 1 rings (SSSR count). The standard InChI is InChI=1S/C16H32N2O/c1-4-10-16(13-17,11-5-2)15(19)18(6-3)12-14-8-7-9-14/h14H,4-13,17H2,1-3H3. The predicted octanol–water partition coefficient (Wildman–Crippen LogP) is 3.18. The Kier molecular flexibility index (Phi) is 6.84. The molecule has 3 nitrogen and oxygen atoms in total. The van der Waals surface area contributed by atoms with Gasteiger partial charge in [-0.25, -0.2) is 0 Å². The average Bonchev–Trinajstić information content (AvgIpc) is 2.36. The van der Waals surface area contributed by atoms with E-state index in [1.165, 1.54) is 19.3 Å². The quantitative estimate of drug-likeness (QED) is 0.698. The van der Waals surface area contributed by atoms with Crippen LogP contribution < -0.4 is 5.73 Å². The van der Waals surface area contributed by atoms with Gasteiger partial charge in [-0.05, 0) is 38.5 Å². The van der Waals surface area contributed by atoms with Crippen LogP contribution in [0.4, 0.5) is 0 Å². The van der Waals surface area contributed by atoms with Crippen molar-refractivity contribution in [1.82, 2.24) is 4.90 Å². The van der Waals surface area contributed by atoms with Crippen molar-refractivity contribution in [3.05, 3.63) is 0 Å². The highest BCUT2D eigenvalue weighted by Gasteiger charge is 2.38. The number of carbonyl (C=O) groups excluding carboxylic acids is 1. The summed E-state index contributed by atoms with van der Waals surface area (Å²) in [5, 5.41) is 0. The van der Waals surface area contributed by atoms with Crippen LogP contribution in [0.3, 0.4) is 0 Å². The first kappa shape index (κ1) is 16.5. The predicted molar refractivity (Wildman–Crippen MR) is 80.9 cm³/mol. The molecule has 19 heavy (non-hydrogen) atoms. The molecule has 112 valence electrons. The van der Waals surface area contributed by atoms with Crippen LogP contribution in [0.2, 0.25) is 0 Å². The lowest BCUT2D eigenvalue weighted by Gasteiger charge is -2.39. The molecule has 1 aliphatic carbocycles. The van der Waals surface area contributed by atoms with Gasteiger partial charge in [0.1, 0.15) is 0 Å². The molecular weight excluding hydrogens is 236 g/mol. The van der Waals surface area contributed by atoms with Crippen molar-refractivity contribution in [2.45, 2.75) is 65.7 Å². The van der Waals surface area contributed by atoms with Crippen LogP contribution in [0.5, 0.6) is 0 Å². The minimum atomic E-state index is -0.302. The topological polar surface area (TPSA) is 46.3 Å². The van der Waals surface area contributed by atoms with Crippen LogP contribution in [0, 0.1) is 11.3 Å². The third kappa shape index (κ3) is 3.95. The van der Waals surface area contributed by atoms with Crippen LogP contribution >= 0.6 is 0 Å². The van der Waals surface area contributed by atoms with E-state index >= 15 is 0 Å². The highest BCUT2D eigenvalue weighted by Crippen LogP contribution is 2.33. The second kappa shape index (κ2) is 7.88. The summed E-state index contributed by atoms with van der Waals surface area (Å²) in [4.78, 5) is 15.0. The minimum Gasteiger partial charge on any atom is -0.342 e. The van der Waals surface area contributed by atoms with Gasteiger partial charge < -0.3 is 10.6 Å². The van der Waals surface area contributed by atoms with E-state index in [0.29, 0.717) is 12.5 Å². The zero-order chi connectivity index (χ0) is 14.3. The zero-order valence-corrected chi connectivity index (χ0v) is 13.1. The largest absolute Gasteiger partial charge is 0.342 e. The van der Waals surface area contributed by atoms with Gasteiger partial charge in [-0.2, -0.15) is 0 Å². The molecule has 0 aromatic carbocycles. The van der Waals surface area contributed by atoms with Gasteiger partial charge in [-0.1, -0.05) is 33.1 Å². The first-order chi connectivity index (χ1) is 9.13. The Balaban J connectivity index is 2.75. The van der Waals surface area contributed by atoms with E-state index in [-0.39, 0.29) is 5.41 Å². The minimum absolute atomic E-state index is 0.302. The number of carbonyl (C=O) groups is 1. The van der Waals surface area contributed by atoms with E-state index in [1.807, 2.05) is 0 Å². The Labute approximate surface area is 118 Å². The number of amides is 1. The Morgan fingerprint density at radius 2 is 1.79 bits per heavy atom. The lowest BCUT2D eigenvalue weighted by molar-refractivity contribution is -0.143. The molecule has 0 atom stereocenters. The second-order valence-electron chi connectivity index (χ2n) is 6.13. The molecule has 0 radical (unpaired) electrons. The molecule has 1 aliphatic rings. The van der Waals surface area contributed by atoms with Gasteiger partial charge >= 0.3 is 0 Å². The Morgan fingerprint density at radius 3 is 2.11 bits per heavy atom. The third-order valence-electron chi connectivity index (χ3n) is 4.67. The Hall–Kier alpha value is -0.570. The maximum Gasteiger partial charge on any atom is 0.230 e. The highest BCUT2D eigenvalue weighted by atomic mass is 16.2. The smallest absolute Gasteiger partial charge is 0.230 e. The molecule has 1 fully saturated rings. The summed E-state index contributed by atoms with van der Waals surface area (Å²) >= 11 is 0. The van der Waals surface area contributed by atoms with Crippen LogP contribution in [0.25, 0.3) is 0 Å². The lowest BCUT2D eigenvalue weighted by atomic mass is 9.77. The molecule has 0 saturated heterocycles. The maximum absolute atomic E-state index is 12.9. The molecule has 0 unspecified atom stereocenters. The Morgan fingerprint density at radius 1 is 1.21 bits per heavy atom.